The normalized spacial score (nSPS) is 11.3. The van der Waals surface area contributed by atoms with Crippen molar-refractivity contribution in [2.45, 2.75) is 0 Å². The third-order valence-electron chi connectivity index (χ3n) is 4.97. The zero-order valence-corrected chi connectivity index (χ0v) is 15.6. The van der Waals surface area contributed by atoms with Crippen LogP contribution in [0.5, 0.6) is 0 Å². The Kier molecular flexibility index (Phi) is 3.60. The zero-order chi connectivity index (χ0) is 19.9. The maximum Gasteiger partial charge on any atom is 0.159 e. The van der Waals surface area contributed by atoms with Gasteiger partial charge >= 0.3 is 0 Å². The summed E-state index contributed by atoms with van der Waals surface area (Å²) in [5, 5.41) is 8.44. The molecule has 0 amide bonds. The highest BCUT2D eigenvalue weighted by Gasteiger charge is 2.16. The van der Waals surface area contributed by atoms with Crippen LogP contribution < -0.4 is 0 Å². The van der Waals surface area contributed by atoms with E-state index in [1.807, 2.05) is 36.4 Å². The number of imidazole rings is 1. The lowest BCUT2D eigenvalue weighted by Crippen LogP contribution is -1.87. The van der Waals surface area contributed by atoms with E-state index in [0.29, 0.717) is 5.82 Å². The van der Waals surface area contributed by atoms with Crippen LogP contribution in [0.4, 0.5) is 0 Å². The first-order chi connectivity index (χ1) is 14.9. The molecule has 0 aliphatic carbocycles. The number of nitrogens with one attached hydrogen (secondary N) is 2. The second kappa shape index (κ2) is 6.56. The standard InChI is InChI=1S/C22H14N8/c1-2-7-25-16(5-1)17-8-14-18(12-26-17)29-30-21(14)22-27-19-11-24-10-15(20(19)28-22)13-4-3-6-23-9-13/h1-12H,(H,27,28)(H,29,30). The average molecular weight is 390 g/mol. The van der Waals surface area contributed by atoms with Gasteiger partial charge in [0.15, 0.2) is 5.82 Å². The minimum Gasteiger partial charge on any atom is -0.335 e. The third-order valence-corrected chi connectivity index (χ3v) is 4.97. The lowest BCUT2D eigenvalue weighted by atomic mass is 10.1. The van der Waals surface area contributed by atoms with Crippen LogP contribution >= 0.6 is 0 Å². The molecule has 142 valence electrons. The van der Waals surface area contributed by atoms with Crippen LogP contribution in [0.25, 0.3) is 56.0 Å². The first kappa shape index (κ1) is 16.5. The lowest BCUT2D eigenvalue weighted by molar-refractivity contribution is 1.10. The Labute approximate surface area is 170 Å². The zero-order valence-electron chi connectivity index (χ0n) is 15.6. The number of nitrogens with zero attached hydrogens (tertiary/aromatic N) is 6. The Morgan fingerprint density at radius 3 is 2.63 bits per heavy atom. The number of hydrogen-bond acceptors (Lipinski definition) is 6. The fraction of sp³-hybridized carbons (Fsp3) is 0. The topological polar surface area (TPSA) is 109 Å². The van der Waals surface area contributed by atoms with Gasteiger partial charge < -0.3 is 4.98 Å². The van der Waals surface area contributed by atoms with Gasteiger partial charge in [-0.1, -0.05) is 12.1 Å². The molecular formula is C22H14N8. The molecule has 0 aliphatic heterocycles. The Hall–Kier alpha value is -4.46. The van der Waals surface area contributed by atoms with Gasteiger partial charge in [-0.25, -0.2) is 4.98 Å². The van der Waals surface area contributed by atoms with Gasteiger partial charge in [-0.3, -0.25) is 25.0 Å². The molecule has 0 saturated carbocycles. The average Bonchev–Trinajstić information content (AvgIpc) is 3.43. The summed E-state index contributed by atoms with van der Waals surface area (Å²) in [6, 6.07) is 11.6. The molecule has 8 nitrogen and oxygen atoms in total. The summed E-state index contributed by atoms with van der Waals surface area (Å²) >= 11 is 0. The van der Waals surface area contributed by atoms with Crippen LogP contribution in [0.2, 0.25) is 0 Å². The lowest BCUT2D eigenvalue weighted by Gasteiger charge is -2.00. The van der Waals surface area contributed by atoms with Crippen molar-refractivity contribution < 1.29 is 0 Å². The van der Waals surface area contributed by atoms with Gasteiger partial charge in [0.25, 0.3) is 0 Å². The molecule has 6 rings (SSSR count). The van der Waals surface area contributed by atoms with Gasteiger partial charge in [-0.2, -0.15) is 5.10 Å². The first-order valence-corrected chi connectivity index (χ1v) is 9.37. The molecule has 0 unspecified atom stereocenters. The minimum absolute atomic E-state index is 0.660. The molecule has 8 heteroatoms. The van der Waals surface area contributed by atoms with Gasteiger partial charge in [0.2, 0.25) is 0 Å². The summed E-state index contributed by atoms with van der Waals surface area (Å²) in [4.78, 5) is 25.6. The predicted molar refractivity (Wildman–Crippen MR) is 113 cm³/mol. The van der Waals surface area contributed by atoms with Crippen molar-refractivity contribution >= 4 is 21.9 Å². The smallest absolute Gasteiger partial charge is 0.159 e. The van der Waals surface area contributed by atoms with E-state index in [9.17, 15) is 0 Å². The van der Waals surface area contributed by atoms with E-state index in [1.165, 1.54) is 0 Å². The fourth-order valence-electron chi connectivity index (χ4n) is 3.53. The Morgan fingerprint density at radius 1 is 0.767 bits per heavy atom. The number of rotatable bonds is 3. The molecule has 0 fully saturated rings. The van der Waals surface area contributed by atoms with Crippen molar-refractivity contribution in [3.8, 4) is 34.0 Å². The molecule has 0 radical (unpaired) electrons. The maximum absolute atomic E-state index is 4.84. The van der Waals surface area contributed by atoms with Gasteiger partial charge in [0.1, 0.15) is 11.2 Å². The molecule has 6 heterocycles. The number of fused-ring (bicyclic) bond motifs is 2. The fourth-order valence-corrected chi connectivity index (χ4v) is 3.53. The Morgan fingerprint density at radius 2 is 1.77 bits per heavy atom. The summed E-state index contributed by atoms with van der Waals surface area (Å²) in [7, 11) is 0. The van der Waals surface area contributed by atoms with Crippen LogP contribution in [0.3, 0.4) is 0 Å². The molecule has 0 spiro atoms. The van der Waals surface area contributed by atoms with Crippen molar-refractivity contribution in [2.75, 3.05) is 0 Å². The van der Waals surface area contributed by atoms with E-state index < -0.39 is 0 Å². The quantitative estimate of drug-likeness (QED) is 0.472. The summed E-state index contributed by atoms with van der Waals surface area (Å²) < 4.78 is 0. The molecule has 0 aromatic carbocycles. The van der Waals surface area contributed by atoms with E-state index in [-0.39, 0.29) is 0 Å². The number of aromatic amines is 2. The largest absolute Gasteiger partial charge is 0.335 e. The van der Waals surface area contributed by atoms with Crippen molar-refractivity contribution in [1.29, 1.82) is 0 Å². The summed E-state index contributed by atoms with van der Waals surface area (Å²) in [6.07, 6.45) is 10.6. The highest BCUT2D eigenvalue weighted by atomic mass is 15.1. The first-order valence-electron chi connectivity index (χ1n) is 9.37. The van der Waals surface area contributed by atoms with Crippen molar-refractivity contribution in [3.05, 3.63) is 73.6 Å². The van der Waals surface area contributed by atoms with E-state index in [0.717, 1.165) is 50.1 Å². The molecule has 0 aliphatic rings. The second-order valence-electron chi connectivity index (χ2n) is 6.81. The van der Waals surface area contributed by atoms with Crippen molar-refractivity contribution in [1.82, 2.24) is 40.1 Å². The van der Waals surface area contributed by atoms with Crippen LogP contribution in [0, 0.1) is 0 Å². The number of H-pyrrole nitrogens is 2. The van der Waals surface area contributed by atoms with Gasteiger partial charge in [-0.05, 0) is 24.3 Å². The SMILES string of the molecule is c1ccc(-c2cc3c(-c4nc5c(-c6cccnc6)cncc5[nH]4)n[nH]c3cn2)nc1. The molecule has 6 aromatic rings. The highest BCUT2D eigenvalue weighted by molar-refractivity contribution is 5.97. The minimum atomic E-state index is 0.660. The van der Waals surface area contributed by atoms with E-state index in [4.69, 9.17) is 4.98 Å². The van der Waals surface area contributed by atoms with Gasteiger partial charge in [0.05, 0.1) is 34.8 Å². The Balaban J connectivity index is 1.52. The molecule has 0 saturated heterocycles. The van der Waals surface area contributed by atoms with E-state index in [1.54, 1.807) is 37.2 Å². The van der Waals surface area contributed by atoms with Crippen molar-refractivity contribution in [3.63, 3.8) is 0 Å². The molecule has 30 heavy (non-hydrogen) atoms. The highest BCUT2D eigenvalue weighted by Crippen LogP contribution is 2.31. The number of hydrogen-bond donors (Lipinski definition) is 2. The molecule has 6 aromatic heterocycles. The third kappa shape index (κ3) is 2.62. The summed E-state index contributed by atoms with van der Waals surface area (Å²) in [5.41, 5.74) is 6.66. The number of pyridine rings is 4. The monoisotopic (exact) mass is 390 g/mol. The Bertz CT molecular complexity index is 1490. The van der Waals surface area contributed by atoms with Crippen molar-refractivity contribution in [2.24, 2.45) is 0 Å². The van der Waals surface area contributed by atoms with E-state index >= 15 is 0 Å². The second-order valence-corrected chi connectivity index (χ2v) is 6.81. The van der Waals surface area contributed by atoms with Crippen LogP contribution in [0.1, 0.15) is 0 Å². The van der Waals surface area contributed by atoms with E-state index in [2.05, 4.69) is 35.1 Å². The van der Waals surface area contributed by atoms with Gasteiger partial charge in [0, 0.05) is 41.3 Å². The van der Waals surface area contributed by atoms with Crippen LogP contribution in [-0.2, 0) is 0 Å². The summed E-state index contributed by atoms with van der Waals surface area (Å²) in [6.45, 7) is 0. The molecular weight excluding hydrogens is 376 g/mol. The van der Waals surface area contributed by atoms with Gasteiger partial charge in [-0.15, -0.1) is 0 Å². The summed E-state index contributed by atoms with van der Waals surface area (Å²) in [5.74, 6) is 0.660. The number of aromatic nitrogens is 8. The predicted octanol–water partition coefficient (Wildman–Crippen LogP) is 4.02. The van der Waals surface area contributed by atoms with Crippen LogP contribution in [0.15, 0.2) is 73.6 Å². The van der Waals surface area contributed by atoms with Crippen LogP contribution in [-0.4, -0.2) is 40.1 Å². The molecule has 0 atom stereocenters. The molecule has 2 N–H and O–H groups in total. The maximum atomic E-state index is 4.84. The molecule has 0 bridgehead atoms.